The van der Waals surface area contributed by atoms with E-state index in [0.29, 0.717) is 5.13 Å². The second-order valence-corrected chi connectivity index (χ2v) is 7.66. The third-order valence-corrected chi connectivity index (χ3v) is 5.46. The highest BCUT2D eigenvalue weighted by molar-refractivity contribution is 7.19. The maximum absolute atomic E-state index is 12.4. The Bertz CT molecular complexity index is 1130. The van der Waals surface area contributed by atoms with E-state index in [0.717, 1.165) is 27.3 Å². The van der Waals surface area contributed by atoms with Crippen LogP contribution in [0.25, 0.3) is 27.8 Å². The van der Waals surface area contributed by atoms with Gasteiger partial charge in [0.2, 0.25) is 5.91 Å². The molecule has 0 spiro atoms. The fourth-order valence-electron chi connectivity index (χ4n) is 2.95. The molecular weight excluding hydrogens is 376 g/mol. The average Bonchev–Trinajstić information content (AvgIpc) is 3.18. The molecular formula is C25H20N2OS. The maximum atomic E-state index is 12.4. The van der Waals surface area contributed by atoms with Crippen LogP contribution >= 0.6 is 11.3 Å². The Hall–Kier alpha value is -3.50. The summed E-state index contributed by atoms with van der Waals surface area (Å²) >= 11 is 1.48. The number of thiazole rings is 1. The number of benzene rings is 3. The highest BCUT2D eigenvalue weighted by Crippen LogP contribution is 2.39. The predicted molar refractivity (Wildman–Crippen MR) is 122 cm³/mol. The largest absolute Gasteiger partial charge is 0.298 e. The van der Waals surface area contributed by atoms with Crippen molar-refractivity contribution in [3.05, 3.63) is 102 Å². The normalized spacial score (nSPS) is 10.9. The van der Waals surface area contributed by atoms with E-state index in [9.17, 15) is 4.79 Å². The van der Waals surface area contributed by atoms with E-state index in [1.807, 2.05) is 48.5 Å². The van der Waals surface area contributed by atoms with E-state index in [-0.39, 0.29) is 5.91 Å². The lowest BCUT2D eigenvalue weighted by atomic mass is 10.1. The Balaban J connectivity index is 1.63. The Labute approximate surface area is 174 Å². The van der Waals surface area contributed by atoms with Gasteiger partial charge in [-0.3, -0.25) is 10.1 Å². The summed E-state index contributed by atoms with van der Waals surface area (Å²) in [5, 5.41) is 3.49. The van der Waals surface area contributed by atoms with Crippen LogP contribution in [0.3, 0.4) is 0 Å². The van der Waals surface area contributed by atoms with Gasteiger partial charge in [0, 0.05) is 11.6 Å². The molecule has 4 rings (SSSR count). The number of carbonyl (C=O) groups excluding carboxylic acids is 1. The number of nitrogens with zero attached hydrogens (tertiary/aromatic N) is 1. The molecule has 0 radical (unpaired) electrons. The molecule has 142 valence electrons. The number of carbonyl (C=O) groups is 1. The zero-order valence-corrected chi connectivity index (χ0v) is 16.8. The van der Waals surface area contributed by atoms with Crippen molar-refractivity contribution in [3.8, 4) is 21.7 Å². The zero-order valence-electron chi connectivity index (χ0n) is 16.0. The minimum absolute atomic E-state index is 0.197. The van der Waals surface area contributed by atoms with Gasteiger partial charge in [-0.1, -0.05) is 102 Å². The Morgan fingerprint density at radius 1 is 0.862 bits per heavy atom. The number of nitrogens with one attached hydrogen (secondary N) is 1. The van der Waals surface area contributed by atoms with Crippen molar-refractivity contribution in [2.24, 2.45) is 0 Å². The first-order valence-corrected chi connectivity index (χ1v) is 10.2. The van der Waals surface area contributed by atoms with E-state index >= 15 is 0 Å². The van der Waals surface area contributed by atoms with Gasteiger partial charge in [0.1, 0.15) is 0 Å². The molecule has 0 aliphatic rings. The molecule has 0 aliphatic carbocycles. The van der Waals surface area contributed by atoms with Gasteiger partial charge in [0.25, 0.3) is 0 Å². The van der Waals surface area contributed by atoms with Gasteiger partial charge >= 0.3 is 0 Å². The van der Waals surface area contributed by atoms with Crippen LogP contribution in [0.4, 0.5) is 5.13 Å². The predicted octanol–water partition coefficient (Wildman–Crippen LogP) is 6.44. The molecule has 29 heavy (non-hydrogen) atoms. The number of aromatic nitrogens is 1. The van der Waals surface area contributed by atoms with E-state index < -0.39 is 0 Å². The smallest absolute Gasteiger partial charge is 0.250 e. The monoisotopic (exact) mass is 396 g/mol. The quantitative estimate of drug-likeness (QED) is 0.395. The van der Waals surface area contributed by atoms with Crippen molar-refractivity contribution in [1.82, 2.24) is 4.98 Å². The number of hydrogen-bond donors (Lipinski definition) is 1. The molecule has 0 unspecified atom stereocenters. The molecule has 3 nitrogen and oxygen atoms in total. The molecule has 0 fully saturated rings. The number of rotatable bonds is 5. The molecule has 0 saturated heterocycles. The third kappa shape index (κ3) is 4.68. The average molecular weight is 397 g/mol. The summed E-state index contributed by atoms with van der Waals surface area (Å²) in [6.45, 7) is 2.06. The van der Waals surface area contributed by atoms with Gasteiger partial charge in [-0.15, -0.1) is 0 Å². The van der Waals surface area contributed by atoms with Crippen molar-refractivity contribution < 1.29 is 4.79 Å². The molecule has 0 saturated carbocycles. The van der Waals surface area contributed by atoms with Gasteiger partial charge in [-0.2, -0.15) is 0 Å². The van der Waals surface area contributed by atoms with Crippen LogP contribution in [0.15, 0.2) is 91.0 Å². The summed E-state index contributed by atoms with van der Waals surface area (Å²) in [6, 6.07) is 28.2. The van der Waals surface area contributed by atoms with Crippen LogP contribution in [0.1, 0.15) is 11.1 Å². The highest BCUT2D eigenvalue weighted by Gasteiger charge is 2.15. The van der Waals surface area contributed by atoms with Crippen molar-refractivity contribution >= 4 is 28.5 Å². The summed E-state index contributed by atoms with van der Waals surface area (Å²) < 4.78 is 0. The number of anilines is 1. The first kappa shape index (κ1) is 18.8. The first-order chi connectivity index (χ1) is 14.2. The molecule has 3 aromatic carbocycles. The lowest BCUT2D eigenvalue weighted by Gasteiger charge is -2.03. The maximum Gasteiger partial charge on any atom is 0.250 e. The number of amides is 1. The molecule has 1 aromatic heterocycles. The third-order valence-electron chi connectivity index (χ3n) is 4.45. The molecule has 0 aliphatic heterocycles. The van der Waals surface area contributed by atoms with Crippen molar-refractivity contribution in [3.63, 3.8) is 0 Å². The zero-order chi connectivity index (χ0) is 20.1. The minimum atomic E-state index is -0.197. The molecule has 0 bridgehead atoms. The summed E-state index contributed by atoms with van der Waals surface area (Å²) in [7, 11) is 0. The van der Waals surface area contributed by atoms with Crippen LogP contribution in [0, 0.1) is 6.92 Å². The molecule has 4 aromatic rings. The van der Waals surface area contributed by atoms with Crippen LogP contribution in [0.5, 0.6) is 0 Å². The SMILES string of the molecule is Cc1ccc(-c2nc(NC(=O)/C=C/c3ccccc3)sc2-c2ccccc2)cc1. The summed E-state index contributed by atoms with van der Waals surface area (Å²) in [5.41, 5.74) is 5.17. The van der Waals surface area contributed by atoms with Gasteiger partial charge in [-0.25, -0.2) is 4.98 Å². The van der Waals surface area contributed by atoms with E-state index in [2.05, 4.69) is 48.6 Å². The van der Waals surface area contributed by atoms with E-state index in [1.54, 1.807) is 6.08 Å². The molecule has 4 heteroatoms. The van der Waals surface area contributed by atoms with Crippen LogP contribution in [-0.4, -0.2) is 10.9 Å². The first-order valence-electron chi connectivity index (χ1n) is 9.36. The molecule has 1 heterocycles. The van der Waals surface area contributed by atoms with Crippen molar-refractivity contribution in [2.75, 3.05) is 5.32 Å². The standard InChI is InChI=1S/C25H20N2OS/c1-18-12-15-20(16-13-18)23-24(21-10-6-3-7-11-21)29-25(27-23)26-22(28)17-14-19-8-4-2-5-9-19/h2-17H,1H3,(H,26,27,28)/b17-14+. The van der Waals surface area contributed by atoms with Crippen LogP contribution in [0.2, 0.25) is 0 Å². The Kier molecular flexibility index (Phi) is 5.63. The Morgan fingerprint density at radius 3 is 2.21 bits per heavy atom. The van der Waals surface area contributed by atoms with E-state index in [1.165, 1.54) is 23.0 Å². The fraction of sp³-hybridized carbons (Fsp3) is 0.0400. The van der Waals surface area contributed by atoms with E-state index in [4.69, 9.17) is 4.98 Å². The van der Waals surface area contributed by atoms with Gasteiger partial charge in [0.15, 0.2) is 5.13 Å². The van der Waals surface area contributed by atoms with Gasteiger partial charge in [0.05, 0.1) is 10.6 Å². The van der Waals surface area contributed by atoms with Gasteiger partial charge < -0.3 is 0 Å². The number of aryl methyl sites for hydroxylation is 1. The van der Waals surface area contributed by atoms with Crippen LogP contribution in [-0.2, 0) is 4.79 Å². The van der Waals surface area contributed by atoms with Crippen molar-refractivity contribution in [1.29, 1.82) is 0 Å². The van der Waals surface area contributed by atoms with Gasteiger partial charge in [-0.05, 0) is 24.1 Å². The molecule has 1 amide bonds. The highest BCUT2D eigenvalue weighted by atomic mass is 32.1. The summed E-state index contributed by atoms with van der Waals surface area (Å²) in [6.07, 6.45) is 3.33. The second kappa shape index (κ2) is 8.67. The molecule has 1 N–H and O–H groups in total. The second-order valence-electron chi connectivity index (χ2n) is 6.66. The summed E-state index contributed by atoms with van der Waals surface area (Å²) in [5.74, 6) is -0.197. The minimum Gasteiger partial charge on any atom is -0.298 e. The number of hydrogen-bond acceptors (Lipinski definition) is 3. The lowest BCUT2D eigenvalue weighted by molar-refractivity contribution is -0.111. The topological polar surface area (TPSA) is 42.0 Å². The van der Waals surface area contributed by atoms with Crippen molar-refractivity contribution in [2.45, 2.75) is 6.92 Å². The molecule has 0 atom stereocenters. The summed E-state index contributed by atoms with van der Waals surface area (Å²) in [4.78, 5) is 18.2. The fourth-order valence-corrected chi connectivity index (χ4v) is 3.94. The Morgan fingerprint density at radius 2 is 1.52 bits per heavy atom. The lowest BCUT2D eigenvalue weighted by Crippen LogP contribution is -2.07. The van der Waals surface area contributed by atoms with Crippen LogP contribution < -0.4 is 5.32 Å².